The Hall–Kier alpha value is -0.810. The molecule has 0 bridgehead atoms. The largest absolute Gasteiger partial charge is 0.292 e. The van der Waals surface area contributed by atoms with Crippen LogP contribution < -0.4 is 11.3 Å². The van der Waals surface area contributed by atoms with Crippen LogP contribution in [0.3, 0.4) is 0 Å². The molecule has 1 aromatic rings. The summed E-state index contributed by atoms with van der Waals surface area (Å²) in [4.78, 5) is 7.87. The number of nitrogen functional groups attached to an aromatic ring is 1. The molecule has 0 aliphatic heterocycles. The predicted octanol–water partition coefficient (Wildman–Crippen LogP) is 0.484. The van der Waals surface area contributed by atoms with Crippen LogP contribution in [0.1, 0.15) is 0 Å². The molecule has 0 aliphatic rings. The predicted molar refractivity (Wildman–Crippen MR) is 41.6 cm³/mol. The Morgan fingerprint density at radius 2 is 2.50 bits per heavy atom. The molecule has 1 aromatic heterocycles. The Bertz CT molecular complexity index is 195. The first-order valence-corrected chi connectivity index (χ1v) is 3.93. The third-order valence-corrected chi connectivity index (χ3v) is 1.61. The summed E-state index contributed by atoms with van der Waals surface area (Å²) in [7, 11) is 0. The molecular formula is C5H8N4S. The van der Waals surface area contributed by atoms with E-state index in [-0.39, 0.29) is 0 Å². The quantitative estimate of drug-likeness (QED) is 0.282. The SMILES string of the molecule is CSc1ccnc(NN)n1. The number of nitrogens with two attached hydrogens (primary N) is 1. The van der Waals surface area contributed by atoms with Gasteiger partial charge in [0, 0.05) is 6.20 Å². The Kier molecular flexibility index (Phi) is 2.47. The summed E-state index contributed by atoms with van der Waals surface area (Å²) in [6.07, 6.45) is 3.61. The van der Waals surface area contributed by atoms with Crippen LogP contribution in [-0.2, 0) is 0 Å². The van der Waals surface area contributed by atoms with Crippen LogP contribution in [0.4, 0.5) is 5.95 Å². The minimum Gasteiger partial charge on any atom is -0.292 e. The smallest absolute Gasteiger partial charge is 0.238 e. The van der Waals surface area contributed by atoms with Crippen molar-refractivity contribution in [3.05, 3.63) is 12.3 Å². The van der Waals surface area contributed by atoms with Crippen molar-refractivity contribution in [2.45, 2.75) is 5.03 Å². The average molecular weight is 156 g/mol. The van der Waals surface area contributed by atoms with Gasteiger partial charge in [-0.25, -0.2) is 15.8 Å². The fraction of sp³-hybridized carbons (Fsp3) is 0.200. The number of anilines is 1. The lowest BCUT2D eigenvalue weighted by molar-refractivity contribution is 1.03. The maximum atomic E-state index is 5.09. The van der Waals surface area contributed by atoms with E-state index in [0.29, 0.717) is 5.95 Å². The van der Waals surface area contributed by atoms with Crippen molar-refractivity contribution in [2.24, 2.45) is 5.84 Å². The van der Waals surface area contributed by atoms with E-state index in [4.69, 9.17) is 5.84 Å². The number of rotatable bonds is 2. The highest BCUT2D eigenvalue weighted by Crippen LogP contribution is 2.10. The van der Waals surface area contributed by atoms with Gasteiger partial charge in [0.2, 0.25) is 5.95 Å². The van der Waals surface area contributed by atoms with Crippen molar-refractivity contribution in [1.29, 1.82) is 0 Å². The Labute approximate surface area is 63.2 Å². The first-order valence-electron chi connectivity index (χ1n) is 2.70. The lowest BCUT2D eigenvalue weighted by Crippen LogP contribution is -2.10. The second-order valence-electron chi connectivity index (χ2n) is 1.57. The second kappa shape index (κ2) is 3.38. The van der Waals surface area contributed by atoms with E-state index >= 15 is 0 Å². The Morgan fingerprint density at radius 1 is 1.70 bits per heavy atom. The lowest BCUT2D eigenvalue weighted by atomic mass is 10.7. The van der Waals surface area contributed by atoms with Gasteiger partial charge in [-0.2, -0.15) is 0 Å². The topological polar surface area (TPSA) is 63.8 Å². The molecule has 4 nitrogen and oxygen atoms in total. The molecule has 0 radical (unpaired) electrons. The molecule has 0 atom stereocenters. The maximum absolute atomic E-state index is 5.09. The van der Waals surface area contributed by atoms with Crippen LogP contribution >= 0.6 is 11.8 Å². The summed E-state index contributed by atoms with van der Waals surface area (Å²) in [5, 5.41) is 0.906. The third kappa shape index (κ3) is 1.58. The lowest BCUT2D eigenvalue weighted by Gasteiger charge is -1.97. The first kappa shape index (κ1) is 7.30. The minimum absolute atomic E-state index is 0.451. The van der Waals surface area contributed by atoms with Crippen LogP contribution in [0.5, 0.6) is 0 Å². The molecular weight excluding hydrogens is 148 g/mol. The summed E-state index contributed by atoms with van der Waals surface area (Å²) in [5.74, 6) is 5.54. The van der Waals surface area contributed by atoms with E-state index < -0.39 is 0 Å². The molecule has 54 valence electrons. The van der Waals surface area contributed by atoms with Crippen LogP contribution in [0.2, 0.25) is 0 Å². The van der Waals surface area contributed by atoms with Crippen molar-refractivity contribution in [3.63, 3.8) is 0 Å². The van der Waals surface area contributed by atoms with Crippen molar-refractivity contribution >= 4 is 17.7 Å². The molecule has 0 amide bonds. The molecule has 0 spiro atoms. The number of hydrogen-bond donors (Lipinski definition) is 2. The van der Waals surface area contributed by atoms with E-state index in [9.17, 15) is 0 Å². The zero-order chi connectivity index (χ0) is 7.40. The number of thioether (sulfide) groups is 1. The standard InChI is InChI=1S/C5H8N4S/c1-10-4-2-3-7-5(8-4)9-6/h2-3H,6H2,1H3,(H,7,8,9). The number of aromatic nitrogens is 2. The van der Waals surface area contributed by atoms with Crippen molar-refractivity contribution in [3.8, 4) is 0 Å². The van der Waals surface area contributed by atoms with E-state index in [1.165, 1.54) is 0 Å². The molecule has 0 fully saturated rings. The second-order valence-corrected chi connectivity index (χ2v) is 2.39. The highest BCUT2D eigenvalue weighted by Gasteiger charge is 1.92. The van der Waals surface area contributed by atoms with Crippen LogP contribution in [0, 0.1) is 0 Å². The van der Waals surface area contributed by atoms with Gasteiger partial charge >= 0.3 is 0 Å². The fourth-order valence-corrected chi connectivity index (χ4v) is 0.900. The third-order valence-electron chi connectivity index (χ3n) is 0.968. The molecule has 0 saturated heterocycles. The fourth-order valence-electron chi connectivity index (χ4n) is 0.525. The van der Waals surface area contributed by atoms with Gasteiger partial charge in [-0.15, -0.1) is 11.8 Å². The van der Waals surface area contributed by atoms with Crippen LogP contribution in [-0.4, -0.2) is 16.2 Å². The molecule has 0 unspecified atom stereocenters. The molecule has 1 rings (SSSR count). The van der Waals surface area contributed by atoms with Crippen LogP contribution in [0.15, 0.2) is 17.3 Å². The first-order chi connectivity index (χ1) is 4.86. The summed E-state index contributed by atoms with van der Waals surface area (Å²) in [6, 6.07) is 1.82. The molecule has 3 N–H and O–H groups in total. The van der Waals surface area contributed by atoms with Gasteiger partial charge in [0.05, 0.1) is 0 Å². The van der Waals surface area contributed by atoms with Gasteiger partial charge in [0.25, 0.3) is 0 Å². The van der Waals surface area contributed by atoms with E-state index in [2.05, 4.69) is 15.4 Å². The van der Waals surface area contributed by atoms with Gasteiger partial charge < -0.3 is 0 Å². The monoisotopic (exact) mass is 156 g/mol. The van der Waals surface area contributed by atoms with E-state index in [1.54, 1.807) is 18.0 Å². The zero-order valence-electron chi connectivity index (χ0n) is 5.53. The number of nitrogens with zero attached hydrogens (tertiary/aromatic N) is 2. The molecule has 1 heterocycles. The van der Waals surface area contributed by atoms with Gasteiger partial charge in [0.1, 0.15) is 5.03 Å². The summed E-state index contributed by atoms with van der Waals surface area (Å²) in [5.41, 5.74) is 2.37. The molecule has 5 heteroatoms. The summed E-state index contributed by atoms with van der Waals surface area (Å²) >= 11 is 1.55. The highest BCUT2D eigenvalue weighted by atomic mass is 32.2. The number of nitrogens with one attached hydrogen (secondary N) is 1. The van der Waals surface area contributed by atoms with Gasteiger partial charge in [0.15, 0.2) is 0 Å². The normalized spacial score (nSPS) is 9.40. The molecule has 0 saturated carbocycles. The Morgan fingerprint density at radius 3 is 3.10 bits per heavy atom. The van der Waals surface area contributed by atoms with Crippen molar-refractivity contribution in [2.75, 3.05) is 11.7 Å². The number of hydrazine groups is 1. The van der Waals surface area contributed by atoms with E-state index in [0.717, 1.165) is 5.03 Å². The van der Waals surface area contributed by atoms with Gasteiger partial charge in [-0.1, -0.05) is 0 Å². The van der Waals surface area contributed by atoms with E-state index in [1.807, 2.05) is 12.3 Å². The van der Waals surface area contributed by atoms with Crippen LogP contribution in [0.25, 0.3) is 0 Å². The molecule has 0 aliphatic carbocycles. The Balaban J connectivity index is 2.87. The summed E-state index contributed by atoms with van der Waals surface area (Å²) < 4.78 is 0. The maximum Gasteiger partial charge on any atom is 0.238 e. The summed E-state index contributed by atoms with van der Waals surface area (Å²) in [6.45, 7) is 0. The van der Waals surface area contributed by atoms with Gasteiger partial charge in [-0.3, -0.25) is 5.43 Å². The van der Waals surface area contributed by atoms with Gasteiger partial charge in [-0.05, 0) is 12.3 Å². The average Bonchev–Trinajstić information content (AvgIpc) is 2.05. The molecule has 10 heavy (non-hydrogen) atoms. The zero-order valence-corrected chi connectivity index (χ0v) is 6.35. The highest BCUT2D eigenvalue weighted by molar-refractivity contribution is 7.98. The van der Waals surface area contributed by atoms with Crippen molar-refractivity contribution in [1.82, 2.24) is 9.97 Å². The molecule has 0 aromatic carbocycles. The van der Waals surface area contributed by atoms with Crippen molar-refractivity contribution < 1.29 is 0 Å². The minimum atomic E-state index is 0.451. The number of hydrogen-bond acceptors (Lipinski definition) is 5.